The molecule has 0 unspecified atom stereocenters. The Bertz CT molecular complexity index is 1260. The van der Waals surface area contributed by atoms with Gasteiger partial charge in [0.05, 0.1) is 16.5 Å². The highest BCUT2D eigenvalue weighted by molar-refractivity contribution is 6.02. The number of hydrogen-bond donors (Lipinski definition) is 1. The van der Waals surface area contributed by atoms with E-state index >= 15 is 0 Å². The third-order valence-electron chi connectivity index (χ3n) is 5.19. The molecule has 142 valence electrons. The van der Waals surface area contributed by atoms with Crippen molar-refractivity contribution in [2.24, 2.45) is 0 Å². The van der Waals surface area contributed by atoms with Gasteiger partial charge in [0.1, 0.15) is 0 Å². The lowest BCUT2D eigenvalue weighted by molar-refractivity contribution is 0.0944. The fraction of sp³-hybridized carbons (Fsp3) is 0.227. The highest BCUT2D eigenvalue weighted by atomic mass is 16.2. The summed E-state index contributed by atoms with van der Waals surface area (Å²) in [6.07, 6.45) is 1.65. The summed E-state index contributed by atoms with van der Waals surface area (Å²) in [5.41, 5.74) is 1.17. The van der Waals surface area contributed by atoms with Crippen LogP contribution in [0.4, 0.5) is 0 Å². The molecule has 2 aromatic carbocycles. The molecule has 2 heterocycles. The Hall–Kier alpha value is -3.25. The van der Waals surface area contributed by atoms with Crippen LogP contribution in [0.15, 0.2) is 59.5 Å². The van der Waals surface area contributed by atoms with Crippen molar-refractivity contribution >= 4 is 33.2 Å². The van der Waals surface area contributed by atoms with Crippen molar-refractivity contribution in [2.45, 2.75) is 13.0 Å². The van der Waals surface area contributed by atoms with Crippen LogP contribution in [0.5, 0.6) is 0 Å². The second-order valence-corrected chi connectivity index (χ2v) is 7.27. The lowest BCUT2D eigenvalue weighted by atomic mass is 10.1. The molecule has 1 amide bonds. The molecular weight excluding hydrogens is 352 g/mol. The summed E-state index contributed by atoms with van der Waals surface area (Å²) in [4.78, 5) is 32.5. The molecule has 2 aromatic heterocycles. The molecule has 28 heavy (non-hydrogen) atoms. The lowest BCUT2D eigenvalue weighted by Gasteiger charge is -2.20. The van der Waals surface area contributed by atoms with Crippen LogP contribution in [-0.2, 0) is 0 Å². The van der Waals surface area contributed by atoms with Crippen LogP contribution >= 0.6 is 0 Å². The van der Waals surface area contributed by atoms with E-state index in [0.717, 1.165) is 10.8 Å². The fourth-order valence-corrected chi connectivity index (χ4v) is 3.21. The number of carbonyl (C=O) groups excluding carboxylic acids is 1. The number of aromatic nitrogens is 2. The molecule has 0 saturated carbocycles. The van der Waals surface area contributed by atoms with Crippen LogP contribution in [-0.4, -0.2) is 46.9 Å². The SMILES string of the molecule is C[C@H](CNC(=O)c1cccn2c(=O)c3cc4ccccc4cc3nc12)N(C)C. The van der Waals surface area contributed by atoms with E-state index in [0.29, 0.717) is 28.7 Å². The Morgan fingerprint density at radius 3 is 2.57 bits per heavy atom. The largest absolute Gasteiger partial charge is 0.350 e. The zero-order valence-corrected chi connectivity index (χ0v) is 16.1. The van der Waals surface area contributed by atoms with E-state index in [1.165, 1.54) is 4.40 Å². The number of nitrogens with one attached hydrogen (secondary N) is 1. The maximum absolute atomic E-state index is 13.0. The average Bonchev–Trinajstić information content (AvgIpc) is 2.70. The molecular formula is C22H22N4O2. The minimum absolute atomic E-state index is 0.179. The second kappa shape index (κ2) is 7.05. The van der Waals surface area contributed by atoms with Crippen LogP contribution < -0.4 is 10.9 Å². The van der Waals surface area contributed by atoms with Crippen molar-refractivity contribution in [3.63, 3.8) is 0 Å². The molecule has 4 rings (SSSR count). The van der Waals surface area contributed by atoms with Gasteiger partial charge in [-0.2, -0.15) is 0 Å². The summed E-state index contributed by atoms with van der Waals surface area (Å²) in [7, 11) is 3.93. The Morgan fingerprint density at radius 1 is 1.14 bits per heavy atom. The third kappa shape index (κ3) is 3.12. The van der Waals surface area contributed by atoms with Gasteiger partial charge in [0, 0.05) is 18.8 Å². The van der Waals surface area contributed by atoms with E-state index in [1.807, 2.05) is 62.3 Å². The van der Waals surface area contributed by atoms with E-state index in [2.05, 4.69) is 10.3 Å². The maximum Gasteiger partial charge on any atom is 0.265 e. The summed E-state index contributed by atoms with van der Waals surface area (Å²) in [6, 6.07) is 15.2. The molecule has 0 aliphatic rings. The first-order valence-corrected chi connectivity index (χ1v) is 9.24. The number of likely N-dealkylation sites (N-methyl/N-ethyl adjacent to an activating group) is 1. The number of benzene rings is 2. The average molecular weight is 374 g/mol. The van der Waals surface area contributed by atoms with E-state index in [1.54, 1.807) is 18.3 Å². The van der Waals surface area contributed by atoms with Crippen molar-refractivity contribution < 1.29 is 4.79 Å². The van der Waals surface area contributed by atoms with Gasteiger partial charge in [-0.25, -0.2) is 4.98 Å². The van der Waals surface area contributed by atoms with Crippen LogP contribution in [0, 0.1) is 0 Å². The Morgan fingerprint density at radius 2 is 1.86 bits per heavy atom. The predicted octanol–water partition coefficient (Wildman–Crippen LogP) is 2.68. The topological polar surface area (TPSA) is 66.7 Å². The smallest absolute Gasteiger partial charge is 0.265 e. The molecule has 4 aromatic rings. The van der Waals surface area contributed by atoms with Crippen molar-refractivity contribution in [3.05, 3.63) is 70.6 Å². The standard InChI is InChI=1S/C22H22N4O2/c1-14(25(2)3)13-23-21(27)17-9-6-10-26-20(17)24-19-12-16-8-5-4-7-15(16)11-18(19)22(26)28/h4-12,14H,13H2,1-3H3,(H,23,27)/t14-/m1/s1. The summed E-state index contributed by atoms with van der Waals surface area (Å²) in [5, 5.41) is 5.46. The molecule has 0 radical (unpaired) electrons. The molecule has 0 aliphatic carbocycles. The van der Waals surface area contributed by atoms with E-state index < -0.39 is 0 Å². The molecule has 0 saturated heterocycles. The summed E-state index contributed by atoms with van der Waals surface area (Å²) >= 11 is 0. The van der Waals surface area contributed by atoms with Gasteiger partial charge in [0.15, 0.2) is 5.65 Å². The maximum atomic E-state index is 13.0. The molecule has 6 heteroatoms. The van der Waals surface area contributed by atoms with Gasteiger partial charge in [0.25, 0.3) is 11.5 Å². The quantitative estimate of drug-likeness (QED) is 0.558. The zero-order chi connectivity index (χ0) is 19.8. The van der Waals surface area contributed by atoms with Crippen molar-refractivity contribution in [1.82, 2.24) is 19.6 Å². The van der Waals surface area contributed by atoms with Gasteiger partial charge in [0.2, 0.25) is 0 Å². The van der Waals surface area contributed by atoms with Crippen LogP contribution in [0.25, 0.3) is 27.3 Å². The van der Waals surface area contributed by atoms with E-state index in [-0.39, 0.29) is 17.5 Å². The minimum atomic E-state index is -0.237. The number of hydrogen-bond acceptors (Lipinski definition) is 4. The Kier molecular flexibility index (Phi) is 4.57. The fourth-order valence-electron chi connectivity index (χ4n) is 3.21. The minimum Gasteiger partial charge on any atom is -0.350 e. The number of fused-ring (bicyclic) bond motifs is 3. The molecule has 0 spiro atoms. The molecule has 0 aliphatic heterocycles. The van der Waals surface area contributed by atoms with Gasteiger partial charge >= 0.3 is 0 Å². The van der Waals surface area contributed by atoms with Gasteiger partial charge in [-0.05, 0) is 56.1 Å². The highest BCUT2D eigenvalue weighted by Crippen LogP contribution is 2.20. The lowest BCUT2D eigenvalue weighted by Crippen LogP contribution is -2.38. The van der Waals surface area contributed by atoms with E-state index in [4.69, 9.17) is 0 Å². The second-order valence-electron chi connectivity index (χ2n) is 7.27. The Labute approximate surface area is 162 Å². The van der Waals surface area contributed by atoms with Crippen molar-refractivity contribution in [2.75, 3.05) is 20.6 Å². The molecule has 0 bridgehead atoms. The number of amides is 1. The monoisotopic (exact) mass is 374 g/mol. The summed E-state index contributed by atoms with van der Waals surface area (Å²) < 4.78 is 1.45. The third-order valence-corrected chi connectivity index (χ3v) is 5.19. The van der Waals surface area contributed by atoms with E-state index in [9.17, 15) is 9.59 Å². The first kappa shape index (κ1) is 18.1. The van der Waals surface area contributed by atoms with Crippen LogP contribution in [0.1, 0.15) is 17.3 Å². The molecule has 1 atom stereocenters. The number of pyridine rings is 1. The van der Waals surface area contributed by atoms with Gasteiger partial charge in [-0.15, -0.1) is 0 Å². The first-order valence-electron chi connectivity index (χ1n) is 9.24. The number of carbonyl (C=O) groups is 1. The molecule has 6 nitrogen and oxygen atoms in total. The van der Waals surface area contributed by atoms with Crippen LogP contribution in [0.3, 0.4) is 0 Å². The highest BCUT2D eigenvalue weighted by Gasteiger charge is 2.16. The number of nitrogens with zero attached hydrogens (tertiary/aromatic N) is 3. The van der Waals surface area contributed by atoms with Crippen molar-refractivity contribution in [3.8, 4) is 0 Å². The van der Waals surface area contributed by atoms with Crippen molar-refractivity contribution in [1.29, 1.82) is 0 Å². The van der Waals surface area contributed by atoms with Gasteiger partial charge in [-0.3, -0.25) is 14.0 Å². The van der Waals surface area contributed by atoms with Gasteiger partial charge < -0.3 is 10.2 Å². The molecule has 0 fully saturated rings. The van der Waals surface area contributed by atoms with Crippen LogP contribution in [0.2, 0.25) is 0 Å². The Balaban J connectivity index is 1.85. The summed E-state index contributed by atoms with van der Waals surface area (Å²) in [6.45, 7) is 2.54. The summed E-state index contributed by atoms with van der Waals surface area (Å²) in [5.74, 6) is -0.237. The number of rotatable bonds is 4. The predicted molar refractivity (Wildman–Crippen MR) is 112 cm³/mol. The normalized spacial score (nSPS) is 12.7. The zero-order valence-electron chi connectivity index (χ0n) is 16.1. The van der Waals surface area contributed by atoms with Gasteiger partial charge in [-0.1, -0.05) is 24.3 Å². The first-order chi connectivity index (χ1) is 13.5. The molecule has 1 N–H and O–H groups in total.